The molecule has 2 aromatic heterocycles. The molecule has 4 rings (SSSR count). The van der Waals surface area contributed by atoms with Crippen molar-refractivity contribution in [3.63, 3.8) is 0 Å². The maximum atomic E-state index is 12.9. The highest BCUT2D eigenvalue weighted by Gasteiger charge is 2.39. The molecule has 1 amide bonds. The maximum Gasteiger partial charge on any atom is 0.273 e. The quantitative estimate of drug-likeness (QED) is 0.824. The van der Waals surface area contributed by atoms with Gasteiger partial charge in [0.2, 0.25) is 0 Å². The van der Waals surface area contributed by atoms with Gasteiger partial charge < -0.3 is 4.90 Å². The number of hydrogen-bond donors (Lipinski definition) is 0. The van der Waals surface area contributed by atoms with E-state index in [9.17, 15) is 4.79 Å². The highest BCUT2D eigenvalue weighted by Crippen LogP contribution is 2.29. The SMILES string of the molecule is CS[C@H]1CN(C(=O)c2csc(-c3ccccn3)n2)C[C@H]1N1CCCC1. The first kappa shape index (κ1) is 17.0. The first-order chi connectivity index (χ1) is 12.3. The summed E-state index contributed by atoms with van der Waals surface area (Å²) in [6.07, 6.45) is 6.47. The largest absolute Gasteiger partial charge is 0.334 e. The van der Waals surface area contributed by atoms with Crippen LogP contribution in [-0.4, -0.2) is 69.4 Å². The van der Waals surface area contributed by atoms with Gasteiger partial charge >= 0.3 is 0 Å². The monoisotopic (exact) mass is 374 g/mol. The van der Waals surface area contributed by atoms with Crippen LogP contribution in [0, 0.1) is 0 Å². The molecule has 2 fully saturated rings. The molecule has 0 aromatic carbocycles. The Bertz CT molecular complexity index is 730. The van der Waals surface area contributed by atoms with Gasteiger partial charge in [-0.2, -0.15) is 11.8 Å². The van der Waals surface area contributed by atoms with Crippen LogP contribution in [0.2, 0.25) is 0 Å². The number of thioether (sulfide) groups is 1. The summed E-state index contributed by atoms with van der Waals surface area (Å²) in [7, 11) is 0. The lowest BCUT2D eigenvalue weighted by molar-refractivity contribution is 0.0775. The van der Waals surface area contributed by atoms with Crippen LogP contribution in [0.25, 0.3) is 10.7 Å². The summed E-state index contributed by atoms with van der Waals surface area (Å²) in [4.78, 5) is 26.4. The topological polar surface area (TPSA) is 49.3 Å². The molecule has 2 aliphatic rings. The molecule has 25 heavy (non-hydrogen) atoms. The van der Waals surface area contributed by atoms with E-state index in [1.54, 1.807) is 6.20 Å². The van der Waals surface area contributed by atoms with Crippen LogP contribution < -0.4 is 0 Å². The van der Waals surface area contributed by atoms with Gasteiger partial charge in [-0.15, -0.1) is 11.3 Å². The minimum Gasteiger partial charge on any atom is -0.334 e. The van der Waals surface area contributed by atoms with Gasteiger partial charge in [0.15, 0.2) is 0 Å². The molecule has 0 N–H and O–H groups in total. The molecule has 132 valence electrons. The lowest BCUT2D eigenvalue weighted by atomic mass is 10.2. The Morgan fingerprint density at radius 2 is 2.12 bits per heavy atom. The van der Waals surface area contributed by atoms with E-state index >= 15 is 0 Å². The summed E-state index contributed by atoms with van der Waals surface area (Å²) in [6, 6.07) is 6.23. The molecule has 0 unspecified atom stereocenters. The van der Waals surface area contributed by atoms with Gasteiger partial charge in [-0.3, -0.25) is 14.7 Å². The van der Waals surface area contributed by atoms with Crippen LogP contribution in [0.4, 0.5) is 0 Å². The molecule has 2 aromatic rings. The van der Waals surface area contributed by atoms with E-state index < -0.39 is 0 Å². The first-order valence-corrected chi connectivity index (χ1v) is 10.9. The fraction of sp³-hybridized carbons (Fsp3) is 0.500. The fourth-order valence-electron chi connectivity index (χ4n) is 3.72. The van der Waals surface area contributed by atoms with E-state index in [1.807, 2.05) is 40.2 Å². The molecular weight excluding hydrogens is 352 g/mol. The average Bonchev–Trinajstić information content (AvgIpc) is 3.41. The molecule has 2 atom stereocenters. The molecule has 0 aliphatic carbocycles. The van der Waals surface area contributed by atoms with Crippen LogP contribution in [-0.2, 0) is 0 Å². The van der Waals surface area contributed by atoms with E-state index in [1.165, 1.54) is 37.3 Å². The number of thiazole rings is 1. The van der Waals surface area contributed by atoms with Crippen molar-refractivity contribution in [3.05, 3.63) is 35.5 Å². The van der Waals surface area contributed by atoms with Gasteiger partial charge in [-0.1, -0.05) is 6.07 Å². The normalized spacial score (nSPS) is 24.1. The number of pyridine rings is 1. The highest BCUT2D eigenvalue weighted by atomic mass is 32.2. The lowest BCUT2D eigenvalue weighted by Gasteiger charge is -2.26. The Labute approximate surface area is 156 Å². The van der Waals surface area contributed by atoms with Crippen molar-refractivity contribution in [3.8, 4) is 10.7 Å². The van der Waals surface area contributed by atoms with Crippen molar-refractivity contribution in [1.29, 1.82) is 0 Å². The first-order valence-electron chi connectivity index (χ1n) is 8.69. The highest BCUT2D eigenvalue weighted by molar-refractivity contribution is 7.99. The predicted molar refractivity (Wildman–Crippen MR) is 103 cm³/mol. The van der Waals surface area contributed by atoms with Crippen LogP contribution in [0.3, 0.4) is 0 Å². The minimum atomic E-state index is 0.0548. The molecule has 2 saturated heterocycles. The van der Waals surface area contributed by atoms with E-state index in [4.69, 9.17) is 0 Å². The summed E-state index contributed by atoms with van der Waals surface area (Å²) >= 11 is 3.37. The van der Waals surface area contributed by atoms with E-state index in [-0.39, 0.29) is 5.91 Å². The number of amides is 1. The third kappa shape index (κ3) is 3.45. The van der Waals surface area contributed by atoms with Gasteiger partial charge in [0.05, 0.1) is 5.69 Å². The number of rotatable bonds is 4. The Morgan fingerprint density at radius 3 is 2.84 bits per heavy atom. The molecule has 0 bridgehead atoms. The van der Waals surface area contributed by atoms with Gasteiger partial charge in [0.25, 0.3) is 5.91 Å². The zero-order valence-corrected chi connectivity index (χ0v) is 15.9. The summed E-state index contributed by atoms with van der Waals surface area (Å²) in [5, 5.41) is 3.17. The van der Waals surface area contributed by atoms with Crippen molar-refractivity contribution in [2.45, 2.75) is 24.1 Å². The molecular formula is C18H22N4OS2. The molecule has 5 nitrogen and oxygen atoms in total. The number of likely N-dealkylation sites (tertiary alicyclic amines) is 2. The second-order valence-corrected chi connectivity index (χ2v) is 8.48. The number of carbonyl (C=O) groups is 1. The van der Waals surface area contributed by atoms with E-state index in [2.05, 4.69) is 21.1 Å². The third-order valence-electron chi connectivity index (χ3n) is 5.04. The number of carbonyl (C=O) groups excluding carboxylic acids is 1. The van der Waals surface area contributed by atoms with Gasteiger partial charge in [0.1, 0.15) is 10.7 Å². The smallest absolute Gasteiger partial charge is 0.273 e. The summed E-state index contributed by atoms with van der Waals surface area (Å²) in [5.41, 5.74) is 1.37. The van der Waals surface area contributed by atoms with Crippen molar-refractivity contribution in [2.75, 3.05) is 32.4 Å². The number of aromatic nitrogens is 2. The van der Waals surface area contributed by atoms with Gasteiger partial charge in [-0.25, -0.2) is 4.98 Å². The Hall–Kier alpha value is -1.44. The second kappa shape index (κ2) is 7.43. The molecule has 0 saturated carbocycles. The summed E-state index contributed by atoms with van der Waals surface area (Å²) < 4.78 is 0. The standard InChI is InChI=1S/C18H22N4OS2/c1-24-16-11-22(10-15(16)21-8-4-5-9-21)18(23)14-12-25-17(20-14)13-6-2-3-7-19-13/h2-3,6-7,12,15-16H,4-5,8-11H2,1H3/t15-,16+/m1/s1. The molecule has 2 aliphatic heterocycles. The molecule has 0 spiro atoms. The summed E-state index contributed by atoms with van der Waals surface area (Å²) in [5.74, 6) is 0.0548. The van der Waals surface area contributed by atoms with Gasteiger partial charge in [-0.05, 0) is 44.3 Å². The Morgan fingerprint density at radius 1 is 1.28 bits per heavy atom. The van der Waals surface area contributed by atoms with Crippen molar-refractivity contribution in [2.24, 2.45) is 0 Å². The van der Waals surface area contributed by atoms with Crippen molar-refractivity contribution in [1.82, 2.24) is 19.8 Å². The van der Waals surface area contributed by atoms with Gasteiger partial charge in [0, 0.05) is 36.0 Å². The zero-order valence-electron chi connectivity index (χ0n) is 14.3. The second-order valence-electron chi connectivity index (χ2n) is 6.55. The Balaban J connectivity index is 1.49. The van der Waals surface area contributed by atoms with Crippen molar-refractivity contribution >= 4 is 29.0 Å². The van der Waals surface area contributed by atoms with Crippen LogP contribution in [0.5, 0.6) is 0 Å². The third-order valence-corrected chi connectivity index (χ3v) is 6.98. The fourth-order valence-corrected chi connectivity index (χ4v) is 5.39. The zero-order chi connectivity index (χ0) is 17.2. The number of nitrogens with zero attached hydrogens (tertiary/aromatic N) is 4. The molecule has 0 radical (unpaired) electrons. The van der Waals surface area contributed by atoms with Crippen LogP contribution >= 0.6 is 23.1 Å². The van der Waals surface area contributed by atoms with E-state index in [0.29, 0.717) is 17.0 Å². The minimum absolute atomic E-state index is 0.0548. The Kier molecular flexibility index (Phi) is 5.05. The van der Waals surface area contributed by atoms with Crippen LogP contribution in [0.15, 0.2) is 29.8 Å². The predicted octanol–water partition coefficient (Wildman–Crippen LogP) is 2.86. The lowest BCUT2D eigenvalue weighted by Crippen LogP contribution is -2.40. The molecule has 7 heteroatoms. The number of hydrogen-bond acceptors (Lipinski definition) is 6. The van der Waals surface area contributed by atoms with Crippen LogP contribution in [0.1, 0.15) is 23.3 Å². The van der Waals surface area contributed by atoms with E-state index in [0.717, 1.165) is 23.8 Å². The average molecular weight is 375 g/mol. The maximum absolute atomic E-state index is 12.9. The molecule has 4 heterocycles. The van der Waals surface area contributed by atoms with Crippen molar-refractivity contribution < 1.29 is 4.79 Å². The summed E-state index contributed by atoms with van der Waals surface area (Å²) in [6.45, 7) is 3.98.